The molecule has 1 aromatic rings. The van der Waals surface area contributed by atoms with Gasteiger partial charge < -0.3 is 5.11 Å². The van der Waals surface area contributed by atoms with Crippen molar-refractivity contribution in [2.45, 2.75) is 6.92 Å². The number of hydrogen-bond acceptors (Lipinski definition) is 4. The van der Waals surface area contributed by atoms with Crippen LogP contribution in [0.2, 0.25) is 0 Å². The molecule has 0 aliphatic heterocycles. The summed E-state index contributed by atoms with van der Waals surface area (Å²) in [6, 6.07) is 4.56. The minimum Gasteiger partial charge on any atom is -0.507 e. The Morgan fingerprint density at radius 2 is 2.21 bits per heavy atom. The lowest BCUT2D eigenvalue weighted by molar-refractivity contribution is -0.465. The molecule has 0 aromatic heterocycles. The average molecular weight is 195 g/mol. The Balaban J connectivity index is 3.01. The second-order valence-electron chi connectivity index (χ2n) is 2.89. The van der Waals surface area contributed by atoms with Gasteiger partial charge in [0.05, 0.1) is 5.56 Å². The van der Waals surface area contributed by atoms with Crippen LogP contribution in [0.5, 0.6) is 5.75 Å². The average Bonchev–Trinajstić information content (AvgIpc) is 2.08. The Labute approximate surface area is 80.1 Å². The van der Waals surface area contributed by atoms with Crippen LogP contribution in [0.4, 0.5) is 0 Å². The number of hydrogen-bond donors (Lipinski definition) is 1. The predicted octanol–water partition coefficient (Wildman–Crippen LogP) is 1.16. The third-order valence-electron chi connectivity index (χ3n) is 1.81. The monoisotopic (exact) mass is 195 g/mol. The van der Waals surface area contributed by atoms with Crippen LogP contribution in [-0.2, 0) is 0 Å². The van der Waals surface area contributed by atoms with Gasteiger partial charge in [-0.15, -0.1) is 0 Å². The molecule has 1 N–H and O–H groups in total. The van der Waals surface area contributed by atoms with E-state index in [-0.39, 0.29) is 11.3 Å². The Bertz CT molecular complexity index is 386. The van der Waals surface area contributed by atoms with Crippen molar-refractivity contribution >= 4 is 5.78 Å². The maximum absolute atomic E-state index is 11.2. The van der Waals surface area contributed by atoms with Crippen LogP contribution in [0.1, 0.15) is 15.9 Å². The number of para-hydroxylation sites is 1. The summed E-state index contributed by atoms with van der Waals surface area (Å²) in [5, 5.41) is 19.5. The molecule has 0 bridgehead atoms. The molecule has 0 heterocycles. The van der Waals surface area contributed by atoms with Crippen LogP contribution >= 0.6 is 0 Å². The van der Waals surface area contributed by atoms with E-state index in [0.29, 0.717) is 5.56 Å². The highest BCUT2D eigenvalue weighted by Crippen LogP contribution is 2.21. The predicted molar refractivity (Wildman–Crippen MR) is 49.0 cm³/mol. The van der Waals surface area contributed by atoms with E-state index in [1.807, 2.05) is 0 Å². The largest absolute Gasteiger partial charge is 0.507 e. The zero-order valence-corrected chi connectivity index (χ0v) is 7.56. The molecule has 0 aliphatic carbocycles. The van der Waals surface area contributed by atoms with E-state index in [2.05, 4.69) is 0 Å². The van der Waals surface area contributed by atoms with Gasteiger partial charge in [0.15, 0.2) is 0 Å². The van der Waals surface area contributed by atoms with Gasteiger partial charge in [-0.05, 0) is 18.6 Å². The van der Waals surface area contributed by atoms with Gasteiger partial charge in [-0.25, -0.2) is 0 Å². The third-order valence-corrected chi connectivity index (χ3v) is 1.81. The summed E-state index contributed by atoms with van der Waals surface area (Å²) in [5.74, 6) is -0.865. The van der Waals surface area contributed by atoms with E-state index in [0.717, 1.165) is 0 Å². The molecular weight excluding hydrogens is 186 g/mol. The SMILES string of the molecule is Cc1cccc(C(=O)C[N+](=O)[O-])c1O. The van der Waals surface area contributed by atoms with Crippen molar-refractivity contribution < 1.29 is 14.8 Å². The van der Waals surface area contributed by atoms with Gasteiger partial charge in [0.1, 0.15) is 5.75 Å². The summed E-state index contributed by atoms with van der Waals surface area (Å²) in [5.41, 5.74) is 0.529. The Hall–Kier alpha value is -1.91. The van der Waals surface area contributed by atoms with E-state index in [4.69, 9.17) is 0 Å². The molecule has 0 saturated heterocycles. The summed E-state index contributed by atoms with van der Waals surface area (Å²) in [6.07, 6.45) is 0. The molecule has 5 heteroatoms. The van der Waals surface area contributed by atoms with Gasteiger partial charge in [-0.3, -0.25) is 14.9 Å². The molecule has 5 nitrogen and oxygen atoms in total. The second-order valence-corrected chi connectivity index (χ2v) is 2.89. The second kappa shape index (κ2) is 3.87. The van der Waals surface area contributed by atoms with E-state index in [1.54, 1.807) is 19.1 Å². The number of nitro groups is 1. The molecule has 0 aliphatic rings. The zero-order chi connectivity index (χ0) is 10.7. The van der Waals surface area contributed by atoms with E-state index < -0.39 is 17.3 Å². The van der Waals surface area contributed by atoms with Gasteiger partial charge in [-0.1, -0.05) is 12.1 Å². The van der Waals surface area contributed by atoms with Crippen molar-refractivity contribution in [2.24, 2.45) is 0 Å². The number of aryl methyl sites for hydroxylation is 1. The first kappa shape index (κ1) is 10.2. The van der Waals surface area contributed by atoms with Gasteiger partial charge in [0.2, 0.25) is 5.78 Å². The molecule has 14 heavy (non-hydrogen) atoms. The number of aromatic hydroxyl groups is 1. The number of phenols is 1. The van der Waals surface area contributed by atoms with Crippen molar-refractivity contribution in [1.29, 1.82) is 0 Å². The van der Waals surface area contributed by atoms with E-state index in [1.165, 1.54) is 6.07 Å². The molecule has 0 atom stereocenters. The van der Waals surface area contributed by atoms with Crippen LogP contribution in [0.3, 0.4) is 0 Å². The Morgan fingerprint density at radius 3 is 2.79 bits per heavy atom. The Morgan fingerprint density at radius 1 is 1.57 bits per heavy atom. The highest BCUT2D eigenvalue weighted by Gasteiger charge is 2.16. The summed E-state index contributed by atoms with van der Waals surface area (Å²) in [4.78, 5) is 20.6. The highest BCUT2D eigenvalue weighted by molar-refractivity contribution is 5.99. The van der Waals surface area contributed by atoms with Gasteiger partial charge in [-0.2, -0.15) is 0 Å². The van der Waals surface area contributed by atoms with Gasteiger partial charge in [0.25, 0.3) is 6.54 Å². The van der Waals surface area contributed by atoms with Crippen molar-refractivity contribution in [3.8, 4) is 5.75 Å². The highest BCUT2D eigenvalue weighted by atomic mass is 16.6. The molecular formula is C9H9NO4. The number of rotatable bonds is 3. The standard InChI is InChI=1S/C9H9NO4/c1-6-3-2-4-7(9(6)12)8(11)5-10(13)14/h2-4,12H,5H2,1H3. The summed E-state index contributed by atoms with van der Waals surface area (Å²) in [6.45, 7) is 0.829. The van der Waals surface area contributed by atoms with Crippen LogP contribution in [0.15, 0.2) is 18.2 Å². The maximum atomic E-state index is 11.2. The summed E-state index contributed by atoms with van der Waals surface area (Å²) in [7, 11) is 0. The molecule has 0 saturated carbocycles. The van der Waals surface area contributed by atoms with Crippen LogP contribution in [0.25, 0.3) is 0 Å². The first-order chi connectivity index (χ1) is 6.52. The number of benzene rings is 1. The molecule has 74 valence electrons. The lowest BCUT2D eigenvalue weighted by atomic mass is 10.1. The summed E-state index contributed by atoms with van der Waals surface area (Å²) >= 11 is 0. The maximum Gasteiger partial charge on any atom is 0.265 e. The lowest BCUT2D eigenvalue weighted by Crippen LogP contribution is -2.13. The first-order valence-corrected chi connectivity index (χ1v) is 3.96. The van der Waals surface area contributed by atoms with Crippen molar-refractivity contribution in [3.05, 3.63) is 39.4 Å². The van der Waals surface area contributed by atoms with E-state index >= 15 is 0 Å². The van der Waals surface area contributed by atoms with Crippen molar-refractivity contribution in [2.75, 3.05) is 6.54 Å². The number of phenolic OH excluding ortho intramolecular Hbond substituents is 1. The van der Waals surface area contributed by atoms with Gasteiger partial charge in [0, 0.05) is 4.92 Å². The third kappa shape index (κ3) is 2.07. The number of carbonyl (C=O) groups is 1. The molecule has 0 radical (unpaired) electrons. The van der Waals surface area contributed by atoms with Crippen LogP contribution < -0.4 is 0 Å². The van der Waals surface area contributed by atoms with Crippen LogP contribution in [-0.4, -0.2) is 22.4 Å². The normalized spacial score (nSPS) is 9.79. The van der Waals surface area contributed by atoms with Gasteiger partial charge >= 0.3 is 0 Å². The minimum atomic E-state index is -0.795. The smallest absolute Gasteiger partial charge is 0.265 e. The summed E-state index contributed by atoms with van der Waals surface area (Å²) < 4.78 is 0. The quantitative estimate of drug-likeness (QED) is 0.445. The molecule has 0 amide bonds. The van der Waals surface area contributed by atoms with Crippen molar-refractivity contribution in [3.63, 3.8) is 0 Å². The number of carbonyl (C=O) groups excluding carboxylic acids is 1. The topological polar surface area (TPSA) is 80.4 Å². The number of nitrogens with zero attached hydrogens (tertiary/aromatic N) is 1. The fourth-order valence-corrected chi connectivity index (χ4v) is 1.09. The van der Waals surface area contributed by atoms with E-state index in [9.17, 15) is 20.0 Å². The molecule has 0 spiro atoms. The zero-order valence-electron chi connectivity index (χ0n) is 7.56. The molecule has 1 rings (SSSR count). The number of Topliss-reactive ketones (excluding diaryl/α,β-unsaturated/α-hetero) is 1. The molecule has 0 unspecified atom stereocenters. The molecule has 1 aromatic carbocycles. The Kier molecular flexibility index (Phi) is 2.81. The van der Waals surface area contributed by atoms with Crippen LogP contribution in [0, 0.1) is 17.0 Å². The fraction of sp³-hybridized carbons (Fsp3) is 0.222. The fourth-order valence-electron chi connectivity index (χ4n) is 1.09. The first-order valence-electron chi connectivity index (χ1n) is 3.96. The number of ketones is 1. The minimum absolute atomic E-state index is 0.00157. The van der Waals surface area contributed by atoms with Crippen molar-refractivity contribution in [1.82, 2.24) is 0 Å². The molecule has 0 fully saturated rings. The lowest BCUT2D eigenvalue weighted by Gasteiger charge is -2.02.